The van der Waals surface area contributed by atoms with Crippen LogP contribution in [0.1, 0.15) is 37.8 Å². The van der Waals surface area contributed by atoms with E-state index in [-0.39, 0.29) is 17.0 Å². The van der Waals surface area contributed by atoms with Gasteiger partial charge in [-0.25, -0.2) is 4.39 Å². The van der Waals surface area contributed by atoms with Gasteiger partial charge in [0.2, 0.25) is 0 Å². The molecule has 1 atom stereocenters. The van der Waals surface area contributed by atoms with E-state index < -0.39 is 5.82 Å². The van der Waals surface area contributed by atoms with E-state index in [1.807, 2.05) is 39.2 Å². The van der Waals surface area contributed by atoms with Gasteiger partial charge < -0.3 is 9.72 Å². The summed E-state index contributed by atoms with van der Waals surface area (Å²) >= 11 is 6.13. The zero-order chi connectivity index (χ0) is 14.0. The highest BCUT2D eigenvalue weighted by atomic mass is 35.5. The van der Waals surface area contributed by atoms with Gasteiger partial charge in [0, 0.05) is 23.9 Å². The Hall–Kier alpha value is -1.48. The molecule has 1 aromatic heterocycles. The number of aromatic amines is 1. The lowest BCUT2D eigenvalue weighted by molar-refractivity contribution is 0.239. The molecule has 2 nitrogen and oxygen atoms in total. The molecule has 0 spiro atoms. The summed E-state index contributed by atoms with van der Waals surface area (Å²) in [5.74, 6) is 0.174. The fourth-order valence-electron chi connectivity index (χ4n) is 2.08. The molecule has 0 fully saturated rings. The van der Waals surface area contributed by atoms with Crippen molar-refractivity contribution in [2.24, 2.45) is 0 Å². The van der Waals surface area contributed by atoms with E-state index in [0.717, 1.165) is 5.56 Å². The minimum atomic E-state index is -0.421. The first-order valence-corrected chi connectivity index (χ1v) is 6.65. The van der Waals surface area contributed by atoms with Crippen LogP contribution in [0.3, 0.4) is 0 Å². The number of hydrogen-bond acceptors (Lipinski definition) is 1. The summed E-state index contributed by atoms with van der Waals surface area (Å²) in [7, 11) is 0. The van der Waals surface area contributed by atoms with Crippen molar-refractivity contribution in [3.63, 3.8) is 0 Å². The molecule has 4 heteroatoms. The first kappa shape index (κ1) is 13.9. The molecule has 0 bridgehead atoms. The van der Waals surface area contributed by atoms with Gasteiger partial charge in [0.25, 0.3) is 0 Å². The molecular weight excluding hydrogens is 265 g/mol. The Bertz CT molecular complexity index is 552. The summed E-state index contributed by atoms with van der Waals surface area (Å²) in [6.45, 7) is 5.85. The molecule has 19 heavy (non-hydrogen) atoms. The fraction of sp³-hybridized carbons (Fsp3) is 0.333. The number of rotatable bonds is 4. The number of hydrogen-bond donors (Lipinski definition) is 1. The minimum Gasteiger partial charge on any atom is -0.491 e. The van der Waals surface area contributed by atoms with Gasteiger partial charge in [0.05, 0.1) is 11.1 Å². The Balaban J connectivity index is 2.49. The Morgan fingerprint density at radius 3 is 2.53 bits per heavy atom. The van der Waals surface area contributed by atoms with Gasteiger partial charge in [0.15, 0.2) is 0 Å². The summed E-state index contributed by atoms with van der Waals surface area (Å²) < 4.78 is 19.4. The molecule has 1 N–H and O–H groups in total. The van der Waals surface area contributed by atoms with Crippen LogP contribution < -0.4 is 4.74 Å². The lowest BCUT2D eigenvalue weighted by Crippen LogP contribution is -2.10. The molecular formula is C15H17ClFNO. The third-order valence-electron chi connectivity index (χ3n) is 3.01. The zero-order valence-corrected chi connectivity index (χ0v) is 12.0. The first-order chi connectivity index (χ1) is 9.00. The minimum absolute atomic E-state index is 0.0127. The standard InChI is InChI=1S/C15H17ClFNO/c1-9(2)19-13-5-4-12(17)15(16)14(13)10(3)11-6-7-18-8-11/h4-10,18H,1-3H3/t10-/m0/s1. The third kappa shape index (κ3) is 2.92. The maximum absolute atomic E-state index is 13.7. The summed E-state index contributed by atoms with van der Waals surface area (Å²) in [5, 5.41) is 0.131. The van der Waals surface area contributed by atoms with Crippen molar-refractivity contribution >= 4 is 11.6 Å². The van der Waals surface area contributed by atoms with Crippen LogP contribution in [-0.4, -0.2) is 11.1 Å². The summed E-state index contributed by atoms with van der Waals surface area (Å²) in [5.41, 5.74) is 1.73. The van der Waals surface area contributed by atoms with Crippen LogP contribution in [0.2, 0.25) is 5.02 Å². The van der Waals surface area contributed by atoms with Gasteiger partial charge in [-0.1, -0.05) is 18.5 Å². The monoisotopic (exact) mass is 281 g/mol. The normalized spacial score (nSPS) is 12.7. The van der Waals surface area contributed by atoms with Crippen LogP contribution in [0.15, 0.2) is 30.6 Å². The Morgan fingerprint density at radius 2 is 1.95 bits per heavy atom. The molecule has 0 aliphatic heterocycles. The van der Waals surface area contributed by atoms with Crippen LogP contribution in [-0.2, 0) is 0 Å². The summed E-state index contributed by atoms with van der Waals surface area (Å²) in [6.07, 6.45) is 3.73. The lowest BCUT2D eigenvalue weighted by Gasteiger charge is -2.20. The van der Waals surface area contributed by atoms with Crippen LogP contribution in [0, 0.1) is 5.82 Å². The Morgan fingerprint density at radius 1 is 1.21 bits per heavy atom. The first-order valence-electron chi connectivity index (χ1n) is 6.28. The molecule has 1 aromatic carbocycles. The van der Waals surface area contributed by atoms with Crippen molar-refractivity contribution in [1.29, 1.82) is 0 Å². The second kappa shape index (κ2) is 5.66. The number of halogens is 2. The second-order valence-corrected chi connectivity index (χ2v) is 5.18. The van der Waals surface area contributed by atoms with Crippen molar-refractivity contribution in [2.45, 2.75) is 32.8 Å². The fourth-order valence-corrected chi connectivity index (χ4v) is 2.40. The van der Waals surface area contributed by atoms with Crippen molar-refractivity contribution in [2.75, 3.05) is 0 Å². The van der Waals surface area contributed by atoms with Gasteiger partial charge in [-0.15, -0.1) is 0 Å². The molecule has 0 amide bonds. The SMILES string of the molecule is CC(C)Oc1ccc(F)c(Cl)c1[C@@H](C)c1cc[nH]c1. The largest absolute Gasteiger partial charge is 0.491 e. The molecule has 0 unspecified atom stereocenters. The highest BCUT2D eigenvalue weighted by Gasteiger charge is 2.21. The maximum Gasteiger partial charge on any atom is 0.142 e. The van der Waals surface area contributed by atoms with Crippen molar-refractivity contribution < 1.29 is 9.13 Å². The number of nitrogens with one attached hydrogen (secondary N) is 1. The summed E-state index contributed by atoms with van der Waals surface area (Å²) in [4.78, 5) is 3.00. The average Bonchev–Trinajstić information content (AvgIpc) is 2.86. The zero-order valence-electron chi connectivity index (χ0n) is 11.2. The molecule has 0 aliphatic carbocycles. The highest BCUT2D eigenvalue weighted by molar-refractivity contribution is 6.31. The molecule has 0 saturated carbocycles. The van der Waals surface area contributed by atoms with E-state index in [4.69, 9.17) is 16.3 Å². The van der Waals surface area contributed by atoms with Crippen molar-refractivity contribution in [3.8, 4) is 5.75 Å². The predicted molar refractivity (Wildman–Crippen MR) is 75.5 cm³/mol. The lowest BCUT2D eigenvalue weighted by atomic mass is 9.94. The van der Waals surface area contributed by atoms with Crippen molar-refractivity contribution in [1.82, 2.24) is 4.98 Å². The van der Waals surface area contributed by atoms with Crippen LogP contribution >= 0.6 is 11.6 Å². The van der Waals surface area contributed by atoms with Crippen LogP contribution in [0.25, 0.3) is 0 Å². The number of benzene rings is 1. The van der Waals surface area contributed by atoms with Gasteiger partial charge in [-0.2, -0.15) is 0 Å². The number of ether oxygens (including phenoxy) is 1. The predicted octanol–water partition coefficient (Wildman–Crippen LogP) is 4.75. The molecule has 2 rings (SSSR count). The Labute approximate surface area is 117 Å². The van der Waals surface area contributed by atoms with Gasteiger partial charge in [0.1, 0.15) is 11.6 Å². The second-order valence-electron chi connectivity index (χ2n) is 4.81. The molecule has 102 valence electrons. The Kier molecular flexibility index (Phi) is 4.15. The van der Waals surface area contributed by atoms with E-state index in [9.17, 15) is 4.39 Å². The molecule has 0 saturated heterocycles. The highest BCUT2D eigenvalue weighted by Crippen LogP contribution is 2.38. The maximum atomic E-state index is 13.7. The summed E-state index contributed by atoms with van der Waals surface area (Å²) in [6, 6.07) is 4.93. The number of aromatic nitrogens is 1. The van der Waals surface area contributed by atoms with Gasteiger partial charge in [-0.3, -0.25) is 0 Å². The van der Waals surface area contributed by atoms with Crippen molar-refractivity contribution in [3.05, 3.63) is 52.6 Å². The van der Waals surface area contributed by atoms with E-state index in [1.165, 1.54) is 6.07 Å². The third-order valence-corrected chi connectivity index (χ3v) is 3.39. The van der Waals surface area contributed by atoms with Gasteiger partial charge in [-0.05, 0) is 37.6 Å². The van der Waals surface area contributed by atoms with Crippen LogP contribution in [0.4, 0.5) is 4.39 Å². The average molecular weight is 282 g/mol. The smallest absolute Gasteiger partial charge is 0.142 e. The van der Waals surface area contributed by atoms with Gasteiger partial charge >= 0.3 is 0 Å². The van der Waals surface area contributed by atoms with E-state index in [2.05, 4.69) is 4.98 Å². The molecule has 1 heterocycles. The van der Waals surface area contributed by atoms with E-state index in [0.29, 0.717) is 11.3 Å². The molecule has 2 aromatic rings. The molecule has 0 aliphatic rings. The van der Waals surface area contributed by atoms with E-state index >= 15 is 0 Å². The topological polar surface area (TPSA) is 25.0 Å². The quantitative estimate of drug-likeness (QED) is 0.860. The van der Waals surface area contributed by atoms with Crippen LogP contribution in [0.5, 0.6) is 5.75 Å². The number of H-pyrrole nitrogens is 1. The molecule has 0 radical (unpaired) electrons. The van der Waals surface area contributed by atoms with E-state index in [1.54, 1.807) is 6.07 Å².